The lowest BCUT2D eigenvalue weighted by molar-refractivity contribution is -0.0238. The standard InChI is InChI=1S/C15H21NO6S/c1-4-22-12-8-11(9-12)16(2)23(19,20)14-6-5-10(15(17)18)7-13(14)21-3/h5-7,11-12H,4,8-9H2,1-3H3,(H,17,18). The molecule has 0 aromatic heterocycles. The third kappa shape index (κ3) is 3.49. The van der Waals surface area contributed by atoms with E-state index in [2.05, 4.69) is 0 Å². The first kappa shape index (κ1) is 17.7. The summed E-state index contributed by atoms with van der Waals surface area (Å²) in [4.78, 5) is 11.0. The summed E-state index contributed by atoms with van der Waals surface area (Å²) in [7, 11) is -0.928. The van der Waals surface area contributed by atoms with Crippen molar-refractivity contribution in [2.75, 3.05) is 20.8 Å². The lowest BCUT2D eigenvalue weighted by Gasteiger charge is -2.40. The molecule has 8 heteroatoms. The van der Waals surface area contributed by atoms with Crippen LogP contribution in [0.4, 0.5) is 0 Å². The zero-order valence-corrected chi connectivity index (χ0v) is 14.2. The van der Waals surface area contributed by atoms with Gasteiger partial charge < -0.3 is 14.6 Å². The van der Waals surface area contributed by atoms with Crippen molar-refractivity contribution in [1.29, 1.82) is 0 Å². The molecule has 1 aliphatic carbocycles. The molecule has 2 rings (SSSR count). The van der Waals surface area contributed by atoms with Gasteiger partial charge in [-0.3, -0.25) is 0 Å². The number of benzene rings is 1. The van der Waals surface area contributed by atoms with Crippen molar-refractivity contribution in [3.63, 3.8) is 0 Å². The molecule has 0 heterocycles. The largest absolute Gasteiger partial charge is 0.495 e. The second-order valence-electron chi connectivity index (χ2n) is 5.39. The van der Waals surface area contributed by atoms with Crippen LogP contribution in [0.5, 0.6) is 5.75 Å². The van der Waals surface area contributed by atoms with Crippen LogP contribution < -0.4 is 4.74 Å². The molecule has 0 saturated heterocycles. The molecule has 0 aliphatic heterocycles. The maximum absolute atomic E-state index is 12.7. The number of carbonyl (C=O) groups is 1. The highest BCUT2D eigenvalue weighted by atomic mass is 32.2. The van der Waals surface area contributed by atoms with Crippen molar-refractivity contribution in [2.45, 2.75) is 36.8 Å². The molecule has 1 aliphatic rings. The lowest BCUT2D eigenvalue weighted by atomic mass is 9.89. The van der Waals surface area contributed by atoms with Crippen LogP contribution in [0.3, 0.4) is 0 Å². The van der Waals surface area contributed by atoms with Gasteiger partial charge in [-0.1, -0.05) is 0 Å². The predicted octanol–water partition coefficient (Wildman–Crippen LogP) is 1.58. The van der Waals surface area contributed by atoms with Crippen molar-refractivity contribution in [3.8, 4) is 5.75 Å². The number of hydrogen-bond acceptors (Lipinski definition) is 5. The first-order chi connectivity index (χ1) is 10.8. The predicted molar refractivity (Wildman–Crippen MR) is 83.3 cm³/mol. The number of carboxylic acid groups (broad SMARTS) is 1. The third-order valence-electron chi connectivity index (χ3n) is 4.05. The molecular weight excluding hydrogens is 322 g/mol. The maximum atomic E-state index is 12.7. The average molecular weight is 343 g/mol. The molecule has 0 unspecified atom stereocenters. The monoisotopic (exact) mass is 343 g/mol. The van der Waals surface area contributed by atoms with Crippen LogP contribution in [0.1, 0.15) is 30.1 Å². The lowest BCUT2D eigenvalue weighted by Crippen LogP contribution is -2.48. The van der Waals surface area contributed by atoms with E-state index in [1.54, 1.807) is 0 Å². The van der Waals surface area contributed by atoms with Gasteiger partial charge in [0.25, 0.3) is 0 Å². The van der Waals surface area contributed by atoms with E-state index in [-0.39, 0.29) is 28.4 Å². The van der Waals surface area contributed by atoms with E-state index in [4.69, 9.17) is 14.6 Å². The Morgan fingerprint density at radius 1 is 1.39 bits per heavy atom. The van der Waals surface area contributed by atoms with Gasteiger partial charge in [0.2, 0.25) is 10.0 Å². The molecule has 0 atom stereocenters. The summed E-state index contributed by atoms with van der Waals surface area (Å²) in [6.07, 6.45) is 1.40. The van der Waals surface area contributed by atoms with E-state index >= 15 is 0 Å². The first-order valence-electron chi connectivity index (χ1n) is 7.32. The Labute approximate surface area is 135 Å². The molecule has 1 saturated carbocycles. The van der Waals surface area contributed by atoms with Gasteiger partial charge in [-0.15, -0.1) is 0 Å². The number of methoxy groups -OCH3 is 1. The molecule has 0 bridgehead atoms. The highest BCUT2D eigenvalue weighted by Crippen LogP contribution is 2.34. The van der Waals surface area contributed by atoms with E-state index in [0.29, 0.717) is 19.4 Å². The zero-order valence-electron chi connectivity index (χ0n) is 13.4. The van der Waals surface area contributed by atoms with Crippen LogP contribution in [0.25, 0.3) is 0 Å². The van der Waals surface area contributed by atoms with E-state index in [0.717, 1.165) is 0 Å². The van der Waals surface area contributed by atoms with Gasteiger partial charge in [0.05, 0.1) is 18.8 Å². The zero-order chi connectivity index (χ0) is 17.2. The summed E-state index contributed by atoms with van der Waals surface area (Å²) in [6.45, 7) is 2.51. The van der Waals surface area contributed by atoms with Crippen LogP contribution in [0, 0.1) is 0 Å². The molecule has 1 aromatic carbocycles. The van der Waals surface area contributed by atoms with Gasteiger partial charge in [0.1, 0.15) is 10.6 Å². The molecule has 7 nitrogen and oxygen atoms in total. The Bertz CT molecular complexity index is 681. The quantitative estimate of drug-likeness (QED) is 0.808. The van der Waals surface area contributed by atoms with Crippen molar-refractivity contribution in [1.82, 2.24) is 4.31 Å². The molecule has 128 valence electrons. The van der Waals surface area contributed by atoms with Crippen molar-refractivity contribution < 1.29 is 27.8 Å². The Hall–Kier alpha value is -1.64. The Balaban J connectivity index is 2.24. The van der Waals surface area contributed by atoms with Crippen LogP contribution in [0.2, 0.25) is 0 Å². The van der Waals surface area contributed by atoms with E-state index in [1.807, 2.05) is 6.92 Å². The minimum absolute atomic E-state index is 0.0245. The molecule has 0 amide bonds. The van der Waals surface area contributed by atoms with Gasteiger partial charge in [-0.2, -0.15) is 4.31 Å². The number of sulfonamides is 1. The minimum atomic E-state index is -3.76. The SMILES string of the molecule is CCOC1CC(N(C)S(=O)(=O)c2ccc(C(=O)O)cc2OC)C1. The summed E-state index contributed by atoms with van der Waals surface area (Å²) in [5.41, 5.74) is -0.0245. The number of rotatable bonds is 7. The number of aromatic carboxylic acids is 1. The van der Waals surface area contributed by atoms with Crippen molar-refractivity contribution in [3.05, 3.63) is 23.8 Å². The van der Waals surface area contributed by atoms with Gasteiger partial charge in [-0.25, -0.2) is 13.2 Å². The molecule has 0 radical (unpaired) electrons. The van der Waals surface area contributed by atoms with E-state index < -0.39 is 16.0 Å². The van der Waals surface area contributed by atoms with Gasteiger partial charge >= 0.3 is 5.97 Å². The smallest absolute Gasteiger partial charge is 0.335 e. The summed E-state index contributed by atoms with van der Waals surface area (Å²) in [5.74, 6) is -1.11. The number of hydrogen-bond donors (Lipinski definition) is 1. The average Bonchev–Trinajstić information content (AvgIpc) is 2.48. The summed E-state index contributed by atoms with van der Waals surface area (Å²) in [5, 5.41) is 8.99. The molecule has 0 spiro atoms. The summed E-state index contributed by atoms with van der Waals surface area (Å²) in [6, 6.07) is 3.62. The molecule has 23 heavy (non-hydrogen) atoms. The fraction of sp³-hybridized carbons (Fsp3) is 0.533. The summed E-state index contributed by atoms with van der Waals surface area (Å²) >= 11 is 0. The van der Waals surface area contributed by atoms with E-state index in [9.17, 15) is 13.2 Å². The topological polar surface area (TPSA) is 93.1 Å². The van der Waals surface area contributed by atoms with Crippen LogP contribution in [-0.2, 0) is 14.8 Å². The molecule has 1 fully saturated rings. The number of ether oxygens (including phenoxy) is 2. The van der Waals surface area contributed by atoms with Crippen LogP contribution >= 0.6 is 0 Å². The van der Waals surface area contributed by atoms with Gasteiger partial charge in [0.15, 0.2) is 0 Å². The Morgan fingerprint density at radius 3 is 2.57 bits per heavy atom. The number of nitrogens with zero attached hydrogens (tertiary/aromatic N) is 1. The van der Waals surface area contributed by atoms with Gasteiger partial charge in [0, 0.05) is 19.7 Å². The molecule has 1 aromatic rings. The molecule has 1 N–H and O–H groups in total. The Morgan fingerprint density at radius 2 is 2.04 bits per heavy atom. The fourth-order valence-corrected chi connectivity index (χ4v) is 4.08. The first-order valence-corrected chi connectivity index (χ1v) is 8.76. The highest BCUT2D eigenvalue weighted by molar-refractivity contribution is 7.89. The second-order valence-corrected chi connectivity index (χ2v) is 7.36. The highest BCUT2D eigenvalue weighted by Gasteiger charge is 2.39. The van der Waals surface area contributed by atoms with E-state index in [1.165, 1.54) is 36.7 Å². The Kier molecular flexibility index (Phi) is 5.28. The number of carboxylic acids is 1. The fourth-order valence-electron chi connectivity index (χ4n) is 2.57. The van der Waals surface area contributed by atoms with Crippen LogP contribution in [-0.4, -0.2) is 56.7 Å². The third-order valence-corrected chi connectivity index (χ3v) is 6.00. The normalized spacial score (nSPS) is 21.0. The van der Waals surface area contributed by atoms with Crippen molar-refractivity contribution in [2.24, 2.45) is 0 Å². The minimum Gasteiger partial charge on any atom is -0.495 e. The van der Waals surface area contributed by atoms with Crippen LogP contribution in [0.15, 0.2) is 23.1 Å². The van der Waals surface area contributed by atoms with Gasteiger partial charge in [-0.05, 0) is 38.0 Å². The molecular formula is C15H21NO6S. The summed E-state index contributed by atoms with van der Waals surface area (Å²) < 4.78 is 37.3. The second kappa shape index (κ2) is 6.86. The maximum Gasteiger partial charge on any atom is 0.335 e. The van der Waals surface area contributed by atoms with Crippen molar-refractivity contribution >= 4 is 16.0 Å².